The summed E-state index contributed by atoms with van der Waals surface area (Å²) >= 11 is 0. The summed E-state index contributed by atoms with van der Waals surface area (Å²) in [6, 6.07) is 14.2. The van der Waals surface area contributed by atoms with Crippen molar-refractivity contribution >= 4 is 17.2 Å². The molecule has 0 fully saturated rings. The Hall–Kier alpha value is -2.55. The van der Waals surface area contributed by atoms with Crippen LogP contribution in [-0.2, 0) is 10.8 Å². The van der Waals surface area contributed by atoms with Gasteiger partial charge in [-0.05, 0) is 83.0 Å². The molecule has 0 aromatic heterocycles. The molecule has 0 unspecified atom stereocenters. The highest BCUT2D eigenvalue weighted by atomic mass is 16.4. The molecule has 0 atom stereocenters. The van der Waals surface area contributed by atoms with E-state index in [9.17, 15) is 9.90 Å². The van der Waals surface area contributed by atoms with Gasteiger partial charge in [-0.2, -0.15) is 0 Å². The second kappa shape index (κ2) is 15.5. The number of allylic oxidation sites excluding steroid dienone is 1. The minimum Gasteiger partial charge on any atom is -0.478 e. The third kappa shape index (κ3) is 9.53. The third-order valence-electron chi connectivity index (χ3n) is 9.04. The van der Waals surface area contributed by atoms with Crippen LogP contribution in [0.3, 0.4) is 0 Å². The number of rotatable bonds is 17. The third-order valence-corrected chi connectivity index (χ3v) is 9.04. The van der Waals surface area contributed by atoms with Crippen LogP contribution >= 0.6 is 0 Å². The fourth-order valence-electron chi connectivity index (χ4n) is 6.09. The quantitative estimate of drug-likeness (QED) is 0.194. The zero-order chi connectivity index (χ0) is 29.0. The number of hydrogen-bond acceptors (Lipinski definition) is 2. The summed E-state index contributed by atoms with van der Waals surface area (Å²) in [5.41, 5.74) is 7.29. The van der Waals surface area contributed by atoms with Gasteiger partial charge < -0.3 is 10.4 Å². The highest BCUT2D eigenvalue weighted by Gasteiger charge is 2.37. The molecule has 40 heavy (non-hydrogen) atoms. The molecule has 0 saturated carbocycles. The maximum Gasteiger partial charge on any atom is 0.335 e. The van der Waals surface area contributed by atoms with Crippen LogP contribution in [-0.4, -0.2) is 17.6 Å². The smallest absolute Gasteiger partial charge is 0.335 e. The van der Waals surface area contributed by atoms with Crippen LogP contribution in [0.2, 0.25) is 0 Å². The van der Waals surface area contributed by atoms with Crippen LogP contribution in [0, 0.1) is 0 Å². The zero-order valence-electron chi connectivity index (χ0n) is 26.1. The number of hydrogen-bond donors (Lipinski definition) is 2. The fourth-order valence-corrected chi connectivity index (χ4v) is 6.09. The Balaban J connectivity index is 1.63. The van der Waals surface area contributed by atoms with Crippen molar-refractivity contribution in [1.29, 1.82) is 0 Å². The molecule has 220 valence electrons. The van der Waals surface area contributed by atoms with Crippen LogP contribution < -0.4 is 5.32 Å². The molecule has 1 aliphatic carbocycles. The number of fused-ring (bicyclic) bond motifs is 1. The summed E-state index contributed by atoms with van der Waals surface area (Å²) < 4.78 is 0. The van der Waals surface area contributed by atoms with Gasteiger partial charge in [0.1, 0.15) is 0 Å². The first-order chi connectivity index (χ1) is 19.1. The minimum atomic E-state index is -0.890. The number of unbranched alkanes of at least 4 members (excludes halogenated alkanes) is 11. The Kier molecular flexibility index (Phi) is 12.3. The molecule has 3 nitrogen and oxygen atoms in total. The lowest BCUT2D eigenvalue weighted by Gasteiger charge is -2.42. The molecule has 2 N–H and O–H groups in total. The van der Waals surface area contributed by atoms with Gasteiger partial charge in [-0.3, -0.25) is 0 Å². The predicted molar refractivity (Wildman–Crippen MR) is 173 cm³/mol. The summed E-state index contributed by atoms with van der Waals surface area (Å²) in [6.07, 6.45) is 21.0. The van der Waals surface area contributed by atoms with E-state index in [1.165, 1.54) is 106 Å². The predicted octanol–water partition coefficient (Wildman–Crippen LogP) is 10.9. The molecule has 1 aliphatic rings. The summed E-state index contributed by atoms with van der Waals surface area (Å²) in [7, 11) is 0. The highest BCUT2D eigenvalue weighted by molar-refractivity contribution is 5.88. The van der Waals surface area contributed by atoms with E-state index < -0.39 is 5.97 Å². The average molecular weight is 546 g/mol. The number of nitrogens with one attached hydrogen (secondary N) is 1. The topological polar surface area (TPSA) is 49.3 Å². The van der Waals surface area contributed by atoms with Crippen molar-refractivity contribution < 1.29 is 9.90 Å². The summed E-state index contributed by atoms with van der Waals surface area (Å²) in [5, 5.41) is 12.8. The largest absolute Gasteiger partial charge is 0.478 e. The van der Waals surface area contributed by atoms with Gasteiger partial charge in [0.15, 0.2) is 0 Å². The van der Waals surface area contributed by atoms with Gasteiger partial charge in [0, 0.05) is 12.2 Å². The molecule has 0 aliphatic heterocycles. The van der Waals surface area contributed by atoms with E-state index in [4.69, 9.17) is 0 Å². The lowest BCUT2D eigenvalue weighted by Crippen LogP contribution is -2.33. The normalized spacial score (nSPS) is 16.0. The van der Waals surface area contributed by atoms with Crippen molar-refractivity contribution in [3.63, 3.8) is 0 Å². The van der Waals surface area contributed by atoms with E-state index in [0.717, 1.165) is 18.7 Å². The number of anilines is 1. The molecular weight excluding hydrogens is 490 g/mol. The van der Waals surface area contributed by atoms with Crippen LogP contribution in [0.1, 0.15) is 152 Å². The van der Waals surface area contributed by atoms with Crippen molar-refractivity contribution in [2.24, 2.45) is 0 Å². The number of carboxylic acid groups (broad SMARTS) is 1. The van der Waals surface area contributed by atoms with E-state index >= 15 is 0 Å². The van der Waals surface area contributed by atoms with Crippen LogP contribution in [0.15, 0.2) is 48.5 Å². The number of carboxylic acids is 1. The number of carbonyl (C=O) groups is 1. The van der Waals surface area contributed by atoms with Crippen molar-refractivity contribution in [2.75, 3.05) is 11.9 Å². The molecule has 2 aromatic carbocycles. The molecule has 0 amide bonds. The van der Waals surface area contributed by atoms with Crippen LogP contribution in [0.4, 0.5) is 5.69 Å². The number of aromatic carboxylic acids is 1. The van der Waals surface area contributed by atoms with Crippen molar-refractivity contribution in [3.05, 3.63) is 70.8 Å². The molecule has 3 rings (SSSR count). The molecule has 0 radical (unpaired) electrons. The van der Waals surface area contributed by atoms with Gasteiger partial charge in [-0.25, -0.2) is 4.79 Å². The first kappa shape index (κ1) is 32.0. The first-order valence-corrected chi connectivity index (χ1v) is 16.1. The van der Waals surface area contributed by atoms with Crippen molar-refractivity contribution in [1.82, 2.24) is 0 Å². The van der Waals surface area contributed by atoms with Crippen LogP contribution in [0.5, 0.6) is 0 Å². The summed E-state index contributed by atoms with van der Waals surface area (Å²) in [5.74, 6) is -0.890. The van der Waals surface area contributed by atoms with E-state index in [0.29, 0.717) is 5.56 Å². The average Bonchev–Trinajstić information content (AvgIpc) is 2.93. The highest BCUT2D eigenvalue weighted by Crippen LogP contribution is 2.46. The van der Waals surface area contributed by atoms with E-state index in [1.54, 1.807) is 12.1 Å². The molecule has 0 saturated heterocycles. The molecule has 0 heterocycles. The van der Waals surface area contributed by atoms with Gasteiger partial charge in [-0.15, -0.1) is 0 Å². The Morgan fingerprint density at radius 2 is 1.27 bits per heavy atom. The van der Waals surface area contributed by atoms with E-state index in [-0.39, 0.29) is 10.8 Å². The molecule has 3 heteroatoms. The summed E-state index contributed by atoms with van der Waals surface area (Å²) in [6.45, 7) is 12.6. The second-order valence-corrected chi connectivity index (χ2v) is 13.3. The minimum absolute atomic E-state index is 0.183. The van der Waals surface area contributed by atoms with Crippen LogP contribution in [0.25, 0.3) is 5.57 Å². The van der Waals surface area contributed by atoms with Gasteiger partial charge in [-0.1, -0.05) is 123 Å². The molecule has 0 bridgehead atoms. The maximum atomic E-state index is 11.2. The second-order valence-electron chi connectivity index (χ2n) is 13.3. The Bertz CT molecular complexity index is 1090. The number of benzene rings is 2. The van der Waals surface area contributed by atoms with Crippen molar-refractivity contribution in [3.8, 4) is 0 Å². The lowest BCUT2D eigenvalue weighted by atomic mass is 9.63. The SMILES string of the molecule is CCCCCCCCCCCCC/C=C(\CNc1ccc(C(=O)O)cc1)c1ccc2c(c1)C(C)(C)CCC2(C)C. The Morgan fingerprint density at radius 1 is 0.750 bits per heavy atom. The Labute approximate surface area is 244 Å². The fraction of sp³-hybridized carbons (Fsp3) is 0.595. The summed E-state index contributed by atoms with van der Waals surface area (Å²) in [4.78, 5) is 11.2. The van der Waals surface area contributed by atoms with E-state index in [2.05, 4.69) is 64.2 Å². The monoisotopic (exact) mass is 545 g/mol. The first-order valence-electron chi connectivity index (χ1n) is 16.1. The van der Waals surface area contributed by atoms with Gasteiger partial charge >= 0.3 is 5.97 Å². The lowest BCUT2D eigenvalue weighted by molar-refractivity contribution is 0.0697. The Morgan fingerprint density at radius 3 is 1.85 bits per heavy atom. The molecular formula is C37H55NO2. The van der Waals surface area contributed by atoms with Crippen molar-refractivity contribution in [2.45, 2.75) is 135 Å². The molecule has 0 spiro atoms. The van der Waals surface area contributed by atoms with E-state index in [1.807, 2.05) is 12.1 Å². The molecule has 2 aromatic rings. The van der Waals surface area contributed by atoms with Gasteiger partial charge in [0.2, 0.25) is 0 Å². The zero-order valence-corrected chi connectivity index (χ0v) is 26.1. The standard InChI is InChI=1S/C37H55NO2/c1-6-7-8-9-10-11-12-13-14-15-16-17-18-31(28-38-32-22-19-29(20-23-32)35(39)40)30-21-24-33-34(27-30)37(4,5)26-25-36(33,2)3/h18-24,27,38H,6-17,25-26,28H2,1-5H3,(H,39,40)/b31-18+. The van der Waals surface area contributed by atoms with Gasteiger partial charge in [0.25, 0.3) is 0 Å². The maximum absolute atomic E-state index is 11.2. The van der Waals surface area contributed by atoms with Gasteiger partial charge in [0.05, 0.1) is 5.56 Å².